The van der Waals surface area contributed by atoms with Gasteiger partial charge in [0.1, 0.15) is 5.82 Å². The summed E-state index contributed by atoms with van der Waals surface area (Å²) in [7, 11) is 0. The van der Waals surface area contributed by atoms with Crippen molar-refractivity contribution in [3.63, 3.8) is 0 Å². The predicted molar refractivity (Wildman–Crippen MR) is 74.3 cm³/mol. The number of nitrogens with one attached hydrogen (secondary N) is 1. The summed E-state index contributed by atoms with van der Waals surface area (Å²) < 4.78 is 13.1. The van der Waals surface area contributed by atoms with Crippen molar-refractivity contribution < 1.29 is 9.18 Å². The second-order valence-electron chi connectivity index (χ2n) is 4.89. The van der Waals surface area contributed by atoms with E-state index in [0.717, 1.165) is 12.8 Å². The van der Waals surface area contributed by atoms with Gasteiger partial charge in [0.2, 0.25) is 5.91 Å². The van der Waals surface area contributed by atoms with Crippen LogP contribution in [0.5, 0.6) is 0 Å². The van der Waals surface area contributed by atoms with E-state index in [4.69, 9.17) is 11.0 Å². The van der Waals surface area contributed by atoms with Gasteiger partial charge in [-0.1, -0.05) is 0 Å². The molecule has 2 rings (SSSR count). The second-order valence-corrected chi connectivity index (χ2v) is 4.89. The van der Waals surface area contributed by atoms with Gasteiger partial charge in [-0.15, -0.1) is 0 Å². The molecule has 1 saturated carbocycles. The Bertz CT molecular complexity index is 536. The Balaban J connectivity index is 1.93. The minimum Gasteiger partial charge on any atom is -0.397 e. The number of nitrogen functional groups attached to an aromatic ring is 1. The van der Waals surface area contributed by atoms with Crippen molar-refractivity contribution in [2.45, 2.75) is 25.3 Å². The van der Waals surface area contributed by atoms with E-state index in [1.807, 2.05) is 4.90 Å². The number of nitrogens with zero attached hydrogens (tertiary/aromatic N) is 2. The topological polar surface area (TPSA) is 82.2 Å². The van der Waals surface area contributed by atoms with Crippen LogP contribution in [0.4, 0.5) is 15.8 Å². The van der Waals surface area contributed by atoms with Crippen molar-refractivity contribution in [1.29, 1.82) is 5.26 Å². The fourth-order valence-corrected chi connectivity index (χ4v) is 2.03. The van der Waals surface area contributed by atoms with E-state index in [0.29, 0.717) is 24.7 Å². The summed E-state index contributed by atoms with van der Waals surface area (Å²) in [5.41, 5.74) is 6.29. The molecule has 5 nitrogen and oxygen atoms in total. The molecule has 1 amide bonds. The third-order valence-corrected chi connectivity index (χ3v) is 3.21. The maximum atomic E-state index is 13.1. The molecule has 0 aliphatic heterocycles. The molecule has 6 heteroatoms. The molecule has 20 heavy (non-hydrogen) atoms. The minimum absolute atomic E-state index is 0.197. The summed E-state index contributed by atoms with van der Waals surface area (Å²) in [6.45, 7) is 0.773. The predicted octanol–water partition coefficient (Wildman–Crippen LogP) is 1.72. The van der Waals surface area contributed by atoms with Gasteiger partial charge >= 0.3 is 0 Å². The Morgan fingerprint density at radius 1 is 1.55 bits per heavy atom. The first-order valence-corrected chi connectivity index (χ1v) is 6.56. The van der Waals surface area contributed by atoms with E-state index in [9.17, 15) is 9.18 Å². The number of hydrogen-bond acceptors (Lipinski definition) is 4. The minimum atomic E-state index is -0.446. The number of carbonyl (C=O) groups is 1. The molecule has 0 heterocycles. The number of carbonyl (C=O) groups excluding carboxylic acids is 1. The standard InChI is InChI=1S/C14H17FN4O/c15-10-2-5-12(17)13(8-10)18-14(20)9-19(7-1-6-16)11-3-4-11/h2,5,8,11H,1,3-4,7,9,17H2,(H,18,20). The van der Waals surface area contributed by atoms with Gasteiger partial charge in [0, 0.05) is 19.0 Å². The SMILES string of the molecule is N#CCCN(CC(=O)Nc1cc(F)ccc1N)C1CC1. The molecule has 1 aromatic carbocycles. The van der Waals surface area contributed by atoms with E-state index in [1.165, 1.54) is 18.2 Å². The van der Waals surface area contributed by atoms with Crippen LogP contribution in [-0.4, -0.2) is 29.9 Å². The van der Waals surface area contributed by atoms with Crippen LogP contribution in [0, 0.1) is 17.1 Å². The molecule has 1 fully saturated rings. The Morgan fingerprint density at radius 2 is 2.30 bits per heavy atom. The molecule has 0 atom stereocenters. The molecule has 1 aromatic rings. The van der Waals surface area contributed by atoms with Crippen LogP contribution in [0.15, 0.2) is 18.2 Å². The molecule has 0 bridgehead atoms. The first kappa shape index (κ1) is 14.3. The van der Waals surface area contributed by atoms with E-state index in [1.54, 1.807) is 0 Å². The van der Waals surface area contributed by atoms with E-state index >= 15 is 0 Å². The lowest BCUT2D eigenvalue weighted by molar-refractivity contribution is -0.117. The van der Waals surface area contributed by atoms with Crippen LogP contribution in [0.3, 0.4) is 0 Å². The van der Waals surface area contributed by atoms with Gasteiger partial charge in [0.15, 0.2) is 0 Å². The number of rotatable bonds is 6. The molecule has 0 unspecified atom stereocenters. The van der Waals surface area contributed by atoms with Crippen molar-refractivity contribution in [3.8, 4) is 6.07 Å². The maximum absolute atomic E-state index is 13.1. The van der Waals surface area contributed by atoms with Gasteiger partial charge in [0.05, 0.1) is 24.0 Å². The fourth-order valence-electron chi connectivity index (χ4n) is 2.03. The Hall–Kier alpha value is -2.13. The lowest BCUT2D eigenvalue weighted by Crippen LogP contribution is -2.35. The van der Waals surface area contributed by atoms with Gasteiger partial charge < -0.3 is 11.1 Å². The average Bonchev–Trinajstić information content (AvgIpc) is 3.23. The van der Waals surface area contributed by atoms with Crippen LogP contribution in [0.2, 0.25) is 0 Å². The highest BCUT2D eigenvalue weighted by Gasteiger charge is 2.29. The number of nitriles is 1. The molecular weight excluding hydrogens is 259 g/mol. The molecule has 1 aliphatic carbocycles. The summed E-state index contributed by atoms with van der Waals surface area (Å²) in [6, 6.07) is 6.32. The van der Waals surface area contributed by atoms with Gasteiger partial charge in [-0.3, -0.25) is 9.69 Å². The number of amides is 1. The molecule has 3 N–H and O–H groups in total. The highest BCUT2D eigenvalue weighted by Crippen LogP contribution is 2.27. The summed E-state index contributed by atoms with van der Waals surface area (Å²) >= 11 is 0. The van der Waals surface area contributed by atoms with E-state index < -0.39 is 5.82 Å². The molecule has 0 radical (unpaired) electrons. The number of hydrogen-bond donors (Lipinski definition) is 2. The molecule has 106 valence electrons. The van der Waals surface area contributed by atoms with Crippen molar-refractivity contribution >= 4 is 17.3 Å². The van der Waals surface area contributed by atoms with Gasteiger partial charge in [-0.2, -0.15) is 5.26 Å². The van der Waals surface area contributed by atoms with Crippen LogP contribution in [-0.2, 0) is 4.79 Å². The summed E-state index contributed by atoms with van der Waals surface area (Å²) in [5, 5.41) is 11.2. The monoisotopic (exact) mass is 276 g/mol. The van der Waals surface area contributed by atoms with Crippen molar-refractivity contribution in [1.82, 2.24) is 4.90 Å². The zero-order valence-electron chi connectivity index (χ0n) is 11.1. The summed E-state index contributed by atoms with van der Waals surface area (Å²) in [6.07, 6.45) is 2.51. The van der Waals surface area contributed by atoms with Gasteiger partial charge in [0.25, 0.3) is 0 Å². The largest absolute Gasteiger partial charge is 0.397 e. The van der Waals surface area contributed by atoms with E-state index in [2.05, 4.69) is 11.4 Å². The van der Waals surface area contributed by atoms with E-state index in [-0.39, 0.29) is 18.1 Å². The van der Waals surface area contributed by atoms with Crippen molar-refractivity contribution in [3.05, 3.63) is 24.0 Å². The molecular formula is C14H17FN4O. The lowest BCUT2D eigenvalue weighted by Gasteiger charge is -2.20. The van der Waals surface area contributed by atoms with Crippen LogP contribution in [0.25, 0.3) is 0 Å². The Kier molecular flexibility index (Phi) is 4.53. The van der Waals surface area contributed by atoms with Crippen LogP contribution < -0.4 is 11.1 Å². The fraction of sp³-hybridized carbons (Fsp3) is 0.429. The number of benzene rings is 1. The molecule has 1 aliphatic rings. The summed E-state index contributed by atoms with van der Waals surface area (Å²) in [4.78, 5) is 13.9. The molecule has 0 aromatic heterocycles. The highest BCUT2D eigenvalue weighted by atomic mass is 19.1. The van der Waals surface area contributed by atoms with Crippen molar-refractivity contribution in [2.24, 2.45) is 0 Å². The zero-order chi connectivity index (χ0) is 14.5. The number of halogens is 1. The highest BCUT2D eigenvalue weighted by molar-refractivity contribution is 5.95. The summed E-state index contributed by atoms with van der Waals surface area (Å²) in [5.74, 6) is -0.690. The quantitative estimate of drug-likeness (QED) is 0.775. The van der Waals surface area contributed by atoms with Crippen LogP contribution in [0.1, 0.15) is 19.3 Å². The van der Waals surface area contributed by atoms with Gasteiger partial charge in [-0.25, -0.2) is 4.39 Å². The Labute approximate surface area is 117 Å². The third-order valence-electron chi connectivity index (χ3n) is 3.21. The average molecular weight is 276 g/mol. The lowest BCUT2D eigenvalue weighted by atomic mass is 10.2. The number of nitrogens with two attached hydrogens (primary N) is 1. The normalized spacial score (nSPS) is 14.1. The molecule has 0 saturated heterocycles. The van der Waals surface area contributed by atoms with Gasteiger partial charge in [-0.05, 0) is 31.0 Å². The maximum Gasteiger partial charge on any atom is 0.238 e. The van der Waals surface area contributed by atoms with Crippen LogP contribution >= 0.6 is 0 Å². The number of anilines is 2. The van der Waals surface area contributed by atoms with Crippen molar-refractivity contribution in [2.75, 3.05) is 24.1 Å². The third kappa shape index (κ3) is 3.93. The first-order valence-electron chi connectivity index (χ1n) is 6.56. The Morgan fingerprint density at radius 3 is 2.95 bits per heavy atom. The first-order chi connectivity index (χ1) is 9.60. The second kappa shape index (κ2) is 6.35. The smallest absolute Gasteiger partial charge is 0.238 e. The molecule has 0 spiro atoms. The zero-order valence-corrected chi connectivity index (χ0v) is 11.1.